The minimum Gasteiger partial charge on any atom is -0.390 e. The lowest BCUT2D eigenvalue weighted by atomic mass is 9.99. The van der Waals surface area contributed by atoms with Gasteiger partial charge in [-0.05, 0) is 38.3 Å². The van der Waals surface area contributed by atoms with Crippen molar-refractivity contribution in [3.05, 3.63) is 12.7 Å². The highest BCUT2D eigenvalue weighted by molar-refractivity contribution is 5.75. The van der Waals surface area contributed by atoms with Gasteiger partial charge in [-0.25, -0.2) is 4.98 Å². The van der Waals surface area contributed by atoms with E-state index < -0.39 is 6.10 Å². The van der Waals surface area contributed by atoms with E-state index in [-0.39, 0.29) is 5.91 Å². The molecule has 0 saturated carbocycles. The fraction of sp³-hybridized carbons (Fsp3) is 0.800. The summed E-state index contributed by atoms with van der Waals surface area (Å²) in [5.41, 5.74) is 0. The van der Waals surface area contributed by atoms with Gasteiger partial charge >= 0.3 is 0 Å². The number of hydrogen-bond acceptors (Lipinski definition) is 5. The highest BCUT2D eigenvalue weighted by Crippen LogP contribution is 2.15. The molecule has 2 heterocycles. The number of piperidine rings is 1. The molecule has 2 N–H and O–H groups in total. The third kappa shape index (κ3) is 6.11. The van der Waals surface area contributed by atoms with Gasteiger partial charge in [-0.15, -0.1) is 0 Å². The Labute approximate surface area is 131 Å². The Kier molecular flexibility index (Phi) is 6.79. The SMILES string of the molecule is CC1CCN(CC(O)CNC(=O)CCCn2cncn2)CC1. The predicted molar refractivity (Wildman–Crippen MR) is 83.1 cm³/mol. The number of carbonyl (C=O) groups excluding carboxylic acids is 1. The van der Waals surface area contributed by atoms with Crippen molar-refractivity contribution in [1.29, 1.82) is 0 Å². The van der Waals surface area contributed by atoms with E-state index in [4.69, 9.17) is 0 Å². The number of β-amino-alcohol motifs (C(OH)–C–C–N with tert-alkyl or cyclic N) is 1. The zero-order chi connectivity index (χ0) is 15.8. The fourth-order valence-corrected chi connectivity index (χ4v) is 2.68. The van der Waals surface area contributed by atoms with E-state index in [0.717, 1.165) is 25.4 Å². The number of likely N-dealkylation sites (tertiary alicyclic amines) is 1. The van der Waals surface area contributed by atoms with Gasteiger partial charge in [0.1, 0.15) is 12.7 Å². The Hall–Kier alpha value is -1.47. The van der Waals surface area contributed by atoms with Crippen LogP contribution in [0.25, 0.3) is 0 Å². The molecule has 7 nitrogen and oxygen atoms in total. The first kappa shape index (κ1) is 16.9. The highest BCUT2D eigenvalue weighted by atomic mass is 16.3. The second kappa shape index (κ2) is 8.85. The quantitative estimate of drug-likeness (QED) is 0.720. The largest absolute Gasteiger partial charge is 0.390 e. The number of amides is 1. The summed E-state index contributed by atoms with van der Waals surface area (Å²) in [6.07, 6.45) is 6.18. The maximum absolute atomic E-state index is 11.7. The summed E-state index contributed by atoms with van der Waals surface area (Å²) in [7, 11) is 0. The van der Waals surface area contributed by atoms with Crippen molar-refractivity contribution < 1.29 is 9.90 Å². The van der Waals surface area contributed by atoms with E-state index in [0.29, 0.717) is 26.1 Å². The van der Waals surface area contributed by atoms with Crippen LogP contribution in [-0.4, -0.2) is 63.0 Å². The van der Waals surface area contributed by atoms with Crippen LogP contribution in [0.5, 0.6) is 0 Å². The number of aromatic nitrogens is 3. The molecule has 124 valence electrons. The molecular weight excluding hydrogens is 282 g/mol. The van der Waals surface area contributed by atoms with Gasteiger partial charge in [0.25, 0.3) is 0 Å². The van der Waals surface area contributed by atoms with E-state index >= 15 is 0 Å². The van der Waals surface area contributed by atoms with E-state index in [2.05, 4.69) is 27.2 Å². The monoisotopic (exact) mass is 309 g/mol. The summed E-state index contributed by atoms with van der Waals surface area (Å²) in [5, 5.41) is 16.8. The molecule has 22 heavy (non-hydrogen) atoms. The molecule has 0 radical (unpaired) electrons. The van der Waals surface area contributed by atoms with Gasteiger partial charge in [-0.2, -0.15) is 5.10 Å². The number of rotatable bonds is 8. The first-order valence-electron chi connectivity index (χ1n) is 8.13. The zero-order valence-corrected chi connectivity index (χ0v) is 13.3. The molecule has 0 bridgehead atoms. The van der Waals surface area contributed by atoms with Crippen LogP contribution < -0.4 is 5.32 Å². The van der Waals surface area contributed by atoms with Crippen molar-refractivity contribution in [1.82, 2.24) is 25.0 Å². The molecule has 1 aromatic heterocycles. The summed E-state index contributed by atoms with van der Waals surface area (Å²) < 4.78 is 1.71. The lowest BCUT2D eigenvalue weighted by Gasteiger charge is -2.31. The predicted octanol–water partition coefficient (Wildman–Crippen LogP) is 0.267. The van der Waals surface area contributed by atoms with Crippen LogP contribution in [0.4, 0.5) is 0 Å². The maximum Gasteiger partial charge on any atom is 0.220 e. The molecule has 1 unspecified atom stereocenters. The number of nitrogens with zero attached hydrogens (tertiary/aromatic N) is 4. The molecule has 0 aromatic carbocycles. The highest BCUT2D eigenvalue weighted by Gasteiger charge is 2.18. The Morgan fingerprint density at radius 2 is 2.23 bits per heavy atom. The van der Waals surface area contributed by atoms with Crippen LogP contribution in [0.15, 0.2) is 12.7 Å². The molecule has 1 aliphatic rings. The number of aliphatic hydroxyl groups is 1. The number of nitrogens with one attached hydrogen (secondary N) is 1. The molecular formula is C15H27N5O2. The number of hydrogen-bond donors (Lipinski definition) is 2. The van der Waals surface area contributed by atoms with Crippen LogP contribution in [0.2, 0.25) is 0 Å². The molecule has 1 saturated heterocycles. The average Bonchev–Trinajstić information content (AvgIpc) is 3.01. The molecule has 1 fully saturated rings. The Bertz CT molecular complexity index is 429. The second-order valence-corrected chi connectivity index (χ2v) is 6.20. The van der Waals surface area contributed by atoms with Crippen molar-refractivity contribution in [3.63, 3.8) is 0 Å². The van der Waals surface area contributed by atoms with Gasteiger partial charge in [-0.1, -0.05) is 6.92 Å². The average molecular weight is 309 g/mol. The van der Waals surface area contributed by atoms with Crippen molar-refractivity contribution in [2.75, 3.05) is 26.2 Å². The first-order valence-corrected chi connectivity index (χ1v) is 8.13. The maximum atomic E-state index is 11.7. The smallest absolute Gasteiger partial charge is 0.220 e. The zero-order valence-electron chi connectivity index (χ0n) is 13.3. The fourth-order valence-electron chi connectivity index (χ4n) is 2.68. The molecule has 0 spiro atoms. The summed E-state index contributed by atoms with van der Waals surface area (Å²) in [4.78, 5) is 17.9. The summed E-state index contributed by atoms with van der Waals surface area (Å²) >= 11 is 0. The van der Waals surface area contributed by atoms with E-state index in [9.17, 15) is 9.90 Å². The van der Waals surface area contributed by atoms with Crippen molar-refractivity contribution in [2.45, 2.75) is 45.3 Å². The Balaban J connectivity index is 1.53. The van der Waals surface area contributed by atoms with Crippen LogP contribution in [-0.2, 0) is 11.3 Å². The van der Waals surface area contributed by atoms with E-state index in [1.54, 1.807) is 11.0 Å². The summed E-state index contributed by atoms with van der Waals surface area (Å²) in [6.45, 7) is 6.02. The number of carbonyl (C=O) groups is 1. The van der Waals surface area contributed by atoms with Gasteiger partial charge in [0.05, 0.1) is 6.10 Å². The standard InChI is InChI=1S/C15H27N5O2/c1-13-4-7-19(8-5-13)10-14(21)9-17-15(22)3-2-6-20-12-16-11-18-20/h11-14,21H,2-10H2,1H3,(H,17,22). The van der Waals surface area contributed by atoms with Crippen molar-refractivity contribution in [3.8, 4) is 0 Å². The van der Waals surface area contributed by atoms with Gasteiger partial charge < -0.3 is 15.3 Å². The normalized spacial score (nSPS) is 18.3. The lowest BCUT2D eigenvalue weighted by Crippen LogP contribution is -2.43. The van der Waals surface area contributed by atoms with Crippen LogP contribution >= 0.6 is 0 Å². The van der Waals surface area contributed by atoms with Gasteiger partial charge in [-0.3, -0.25) is 9.48 Å². The summed E-state index contributed by atoms with van der Waals surface area (Å²) in [5.74, 6) is 0.768. The van der Waals surface area contributed by atoms with Gasteiger partial charge in [0, 0.05) is 26.1 Å². The molecule has 1 aromatic rings. The lowest BCUT2D eigenvalue weighted by molar-refractivity contribution is -0.121. The van der Waals surface area contributed by atoms with E-state index in [1.165, 1.54) is 19.2 Å². The molecule has 7 heteroatoms. The van der Waals surface area contributed by atoms with Gasteiger partial charge in [0.2, 0.25) is 5.91 Å². The van der Waals surface area contributed by atoms with Crippen LogP contribution in [0.3, 0.4) is 0 Å². The van der Waals surface area contributed by atoms with Gasteiger partial charge in [0.15, 0.2) is 0 Å². The third-order valence-electron chi connectivity index (χ3n) is 4.14. The van der Waals surface area contributed by atoms with Crippen LogP contribution in [0, 0.1) is 5.92 Å². The summed E-state index contributed by atoms with van der Waals surface area (Å²) in [6, 6.07) is 0. The first-order chi connectivity index (χ1) is 10.6. The minimum atomic E-state index is -0.493. The number of aliphatic hydroxyl groups excluding tert-OH is 1. The molecule has 2 rings (SSSR count). The Morgan fingerprint density at radius 1 is 1.45 bits per heavy atom. The topological polar surface area (TPSA) is 83.3 Å². The van der Waals surface area contributed by atoms with E-state index in [1.807, 2.05) is 0 Å². The van der Waals surface area contributed by atoms with Crippen molar-refractivity contribution >= 4 is 5.91 Å². The molecule has 1 amide bonds. The molecule has 0 aliphatic carbocycles. The minimum absolute atomic E-state index is 0.0218. The molecule has 1 atom stereocenters. The van der Waals surface area contributed by atoms with Crippen molar-refractivity contribution in [2.24, 2.45) is 5.92 Å². The second-order valence-electron chi connectivity index (χ2n) is 6.20. The molecule has 1 aliphatic heterocycles. The third-order valence-corrected chi connectivity index (χ3v) is 4.14. The number of aryl methyl sites for hydroxylation is 1. The van der Waals surface area contributed by atoms with Crippen LogP contribution in [0.1, 0.15) is 32.6 Å². The Morgan fingerprint density at radius 3 is 2.91 bits per heavy atom.